The summed E-state index contributed by atoms with van der Waals surface area (Å²) < 4.78 is 1.64. The molecule has 22 heavy (non-hydrogen) atoms. The van der Waals surface area contributed by atoms with Gasteiger partial charge in [-0.15, -0.1) is 0 Å². The van der Waals surface area contributed by atoms with Gasteiger partial charge in [-0.1, -0.05) is 53.5 Å². The molecule has 0 aliphatic heterocycles. The number of carbonyl (C=O) groups is 1. The molecule has 5 heteroatoms. The minimum Gasteiger partial charge on any atom is -0.288 e. The molecule has 0 N–H and O–H groups in total. The standard InChI is InChI=1S/C17H12Cl2N2O/c1-21-16(11-6-2-4-8-14(11)18)13(10-20-21)17(22)12-7-3-5-9-15(12)19/h2-10H,1H3. The predicted molar refractivity (Wildman–Crippen MR) is 88.5 cm³/mol. The summed E-state index contributed by atoms with van der Waals surface area (Å²) in [4.78, 5) is 12.8. The normalized spacial score (nSPS) is 10.7. The number of hydrogen-bond donors (Lipinski definition) is 0. The van der Waals surface area contributed by atoms with Crippen LogP contribution in [0, 0.1) is 0 Å². The van der Waals surface area contributed by atoms with Crippen LogP contribution in [0.3, 0.4) is 0 Å². The fraction of sp³-hybridized carbons (Fsp3) is 0.0588. The fourth-order valence-corrected chi connectivity index (χ4v) is 2.81. The van der Waals surface area contributed by atoms with Gasteiger partial charge in [0.15, 0.2) is 5.78 Å². The highest BCUT2D eigenvalue weighted by atomic mass is 35.5. The van der Waals surface area contributed by atoms with Crippen LogP contribution in [0.1, 0.15) is 15.9 Å². The molecule has 0 atom stereocenters. The molecule has 0 amide bonds. The van der Waals surface area contributed by atoms with Crippen molar-refractivity contribution >= 4 is 29.0 Å². The summed E-state index contributed by atoms with van der Waals surface area (Å²) in [6, 6.07) is 14.3. The molecule has 1 heterocycles. The number of ketones is 1. The van der Waals surface area contributed by atoms with Crippen molar-refractivity contribution in [3.8, 4) is 11.3 Å². The predicted octanol–water partition coefficient (Wildman–Crippen LogP) is 4.62. The number of benzene rings is 2. The number of rotatable bonds is 3. The summed E-state index contributed by atoms with van der Waals surface area (Å²) in [7, 11) is 1.78. The SMILES string of the molecule is Cn1ncc(C(=O)c2ccccc2Cl)c1-c1ccccc1Cl. The first-order valence-electron chi connectivity index (χ1n) is 6.65. The molecule has 0 unspecified atom stereocenters. The maximum atomic E-state index is 12.8. The van der Waals surface area contributed by atoms with E-state index in [-0.39, 0.29) is 5.78 Å². The van der Waals surface area contributed by atoms with E-state index >= 15 is 0 Å². The number of nitrogens with zero attached hydrogens (tertiary/aromatic N) is 2. The van der Waals surface area contributed by atoms with Gasteiger partial charge in [0, 0.05) is 23.2 Å². The molecular formula is C17H12Cl2N2O. The maximum absolute atomic E-state index is 12.8. The minimum atomic E-state index is -0.173. The Balaban J connectivity index is 2.17. The third kappa shape index (κ3) is 2.54. The monoisotopic (exact) mass is 330 g/mol. The minimum absolute atomic E-state index is 0.173. The molecule has 0 radical (unpaired) electrons. The van der Waals surface area contributed by atoms with Crippen molar-refractivity contribution < 1.29 is 4.79 Å². The quantitative estimate of drug-likeness (QED) is 0.656. The zero-order chi connectivity index (χ0) is 15.7. The molecule has 0 aliphatic carbocycles. The summed E-state index contributed by atoms with van der Waals surface area (Å²) >= 11 is 12.4. The fourth-order valence-electron chi connectivity index (χ4n) is 2.37. The van der Waals surface area contributed by atoms with Gasteiger partial charge in [-0.05, 0) is 18.2 Å². The van der Waals surface area contributed by atoms with Crippen molar-refractivity contribution in [2.24, 2.45) is 7.05 Å². The summed E-state index contributed by atoms with van der Waals surface area (Å²) in [5, 5.41) is 5.19. The van der Waals surface area contributed by atoms with Crippen LogP contribution in [0.25, 0.3) is 11.3 Å². The number of hydrogen-bond acceptors (Lipinski definition) is 2. The number of carbonyl (C=O) groups excluding carboxylic acids is 1. The van der Waals surface area contributed by atoms with Crippen molar-refractivity contribution in [2.45, 2.75) is 0 Å². The van der Waals surface area contributed by atoms with Gasteiger partial charge in [-0.2, -0.15) is 5.10 Å². The van der Waals surface area contributed by atoms with Crippen molar-refractivity contribution in [3.63, 3.8) is 0 Å². The highest BCUT2D eigenvalue weighted by Crippen LogP contribution is 2.32. The van der Waals surface area contributed by atoms with E-state index in [9.17, 15) is 4.79 Å². The van der Waals surface area contributed by atoms with Crippen LogP contribution in [0.5, 0.6) is 0 Å². The van der Waals surface area contributed by atoms with Crippen molar-refractivity contribution in [1.82, 2.24) is 9.78 Å². The molecule has 0 saturated carbocycles. The number of aryl methyl sites for hydroxylation is 1. The highest BCUT2D eigenvalue weighted by molar-refractivity contribution is 6.36. The first-order chi connectivity index (χ1) is 10.6. The molecule has 3 nitrogen and oxygen atoms in total. The second-order valence-electron chi connectivity index (χ2n) is 4.82. The zero-order valence-electron chi connectivity index (χ0n) is 11.8. The van der Waals surface area contributed by atoms with Gasteiger partial charge in [0.25, 0.3) is 0 Å². The first-order valence-corrected chi connectivity index (χ1v) is 7.41. The van der Waals surface area contributed by atoms with Crippen molar-refractivity contribution in [2.75, 3.05) is 0 Å². The Morgan fingerprint density at radius 1 is 0.955 bits per heavy atom. The zero-order valence-corrected chi connectivity index (χ0v) is 13.3. The number of halogens is 2. The van der Waals surface area contributed by atoms with Crippen LogP contribution in [-0.4, -0.2) is 15.6 Å². The van der Waals surface area contributed by atoms with Crippen LogP contribution < -0.4 is 0 Å². The lowest BCUT2D eigenvalue weighted by Crippen LogP contribution is -2.04. The van der Waals surface area contributed by atoms with Crippen LogP contribution in [-0.2, 0) is 7.05 Å². The lowest BCUT2D eigenvalue weighted by atomic mass is 10.00. The largest absolute Gasteiger partial charge is 0.288 e. The maximum Gasteiger partial charge on any atom is 0.198 e. The highest BCUT2D eigenvalue weighted by Gasteiger charge is 2.21. The van der Waals surface area contributed by atoms with E-state index in [1.165, 1.54) is 0 Å². The Labute approximate surface area is 138 Å². The van der Waals surface area contributed by atoms with E-state index in [2.05, 4.69) is 5.10 Å². The van der Waals surface area contributed by atoms with Gasteiger partial charge >= 0.3 is 0 Å². The van der Waals surface area contributed by atoms with Gasteiger partial charge in [-0.3, -0.25) is 9.48 Å². The van der Waals surface area contributed by atoms with Crippen LogP contribution in [0.4, 0.5) is 0 Å². The second-order valence-corrected chi connectivity index (χ2v) is 5.63. The third-order valence-corrected chi connectivity index (χ3v) is 4.09. The van der Waals surface area contributed by atoms with Gasteiger partial charge < -0.3 is 0 Å². The molecular weight excluding hydrogens is 319 g/mol. The van der Waals surface area contributed by atoms with Crippen molar-refractivity contribution in [3.05, 3.63) is 75.9 Å². The Bertz CT molecular complexity index is 855. The van der Waals surface area contributed by atoms with Crippen LogP contribution in [0.15, 0.2) is 54.7 Å². The molecule has 0 fully saturated rings. The van der Waals surface area contributed by atoms with Gasteiger partial charge in [0.2, 0.25) is 0 Å². The molecule has 0 saturated heterocycles. The molecule has 0 aliphatic rings. The van der Waals surface area contributed by atoms with Crippen LogP contribution >= 0.6 is 23.2 Å². The van der Waals surface area contributed by atoms with Crippen LogP contribution in [0.2, 0.25) is 10.0 Å². The van der Waals surface area contributed by atoms with Gasteiger partial charge in [0.1, 0.15) is 0 Å². The Morgan fingerprint density at radius 3 is 2.27 bits per heavy atom. The van der Waals surface area contributed by atoms with Gasteiger partial charge in [0.05, 0.1) is 22.5 Å². The average molecular weight is 331 g/mol. The van der Waals surface area contributed by atoms with E-state index < -0.39 is 0 Å². The summed E-state index contributed by atoms with van der Waals surface area (Å²) in [5.74, 6) is -0.173. The summed E-state index contributed by atoms with van der Waals surface area (Å²) in [6.45, 7) is 0. The van der Waals surface area contributed by atoms with E-state index in [1.807, 2.05) is 18.2 Å². The number of aromatic nitrogens is 2. The Hall–Kier alpha value is -2.10. The molecule has 0 bridgehead atoms. The second kappa shape index (κ2) is 5.95. The third-order valence-electron chi connectivity index (χ3n) is 3.43. The van der Waals surface area contributed by atoms with E-state index in [0.717, 1.165) is 5.56 Å². The lowest BCUT2D eigenvalue weighted by molar-refractivity contribution is 0.103. The smallest absolute Gasteiger partial charge is 0.198 e. The molecule has 110 valence electrons. The first kappa shape index (κ1) is 14.8. The van der Waals surface area contributed by atoms with Crippen molar-refractivity contribution in [1.29, 1.82) is 0 Å². The van der Waals surface area contributed by atoms with E-state index in [1.54, 1.807) is 48.3 Å². The summed E-state index contributed by atoms with van der Waals surface area (Å²) in [5.41, 5.74) is 2.37. The van der Waals surface area contributed by atoms with E-state index in [4.69, 9.17) is 23.2 Å². The Morgan fingerprint density at radius 2 is 1.59 bits per heavy atom. The van der Waals surface area contributed by atoms with E-state index in [0.29, 0.717) is 26.9 Å². The van der Waals surface area contributed by atoms with Gasteiger partial charge in [-0.25, -0.2) is 0 Å². The molecule has 1 aromatic heterocycles. The topological polar surface area (TPSA) is 34.9 Å². The summed E-state index contributed by atoms with van der Waals surface area (Å²) in [6.07, 6.45) is 1.55. The molecule has 2 aromatic carbocycles. The molecule has 3 aromatic rings. The lowest BCUT2D eigenvalue weighted by Gasteiger charge is -2.08. The molecule has 0 spiro atoms. The Kier molecular flexibility index (Phi) is 4.01. The average Bonchev–Trinajstić information content (AvgIpc) is 2.89. The molecule has 3 rings (SSSR count).